The fraction of sp³-hybridized carbons (Fsp3) is 0.409. The van der Waals surface area contributed by atoms with Gasteiger partial charge in [-0.3, -0.25) is 9.13 Å². The number of imidazole rings is 1. The molecule has 0 spiro atoms. The van der Waals surface area contributed by atoms with Crippen LogP contribution in [-0.2, 0) is 27.2 Å². The van der Waals surface area contributed by atoms with E-state index in [2.05, 4.69) is 25.2 Å². The van der Waals surface area contributed by atoms with Gasteiger partial charge in [-0.25, -0.2) is 4.79 Å². The third-order valence-electron chi connectivity index (χ3n) is 5.23. The van der Waals surface area contributed by atoms with Crippen LogP contribution in [0.5, 0.6) is 11.5 Å². The third-order valence-corrected chi connectivity index (χ3v) is 5.23. The van der Waals surface area contributed by atoms with Gasteiger partial charge in [0.25, 0.3) is 0 Å². The minimum absolute atomic E-state index is 0.0312. The first kappa shape index (κ1) is 20.0. The number of hydrogen-bond donors (Lipinski definition) is 1. The third kappa shape index (κ3) is 4.07. The summed E-state index contributed by atoms with van der Waals surface area (Å²) in [5.41, 5.74) is 3.93. The van der Waals surface area contributed by atoms with Gasteiger partial charge in [0, 0.05) is 26.7 Å². The molecule has 28 heavy (non-hydrogen) atoms. The maximum Gasteiger partial charge on any atom is 0.328 e. The van der Waals surface area contributed by atoms with Crippen molar-refractivity contribution in [2.75, 3.05) is 7.11 Å². The molecule has 0 aliphatic carbocycles. The number of aryl methyl sites for hydroxylation is 2. The van der Waals surface area contributed by atoms with E-state index in [1.165, 1.54) is 0 Å². The lowest BCUT2D eigenvalue weighted by Gasteiger charge is -2.14. The lowest BCUT2D eigenvalue weighted by molar-refractivity contribution is 0.284. The highest BCUT2D eigenvalue weighted by atomic mass is 16.5. The Bertz CT molecular complexity index is 1020. The molecule has 3 rings (SSSR count). The molecule has 0 fully saturated rings. The molecular formula is C22H29N3O3. The molecule has 0 amide bonds. The molecule has 6 heteroatoms. The van der Waals surface area contributed by atoms with E-state index in [-0.39, 0.29) is 5.69 Å². The number of nitrogens with one attached hydrogen (secondary N) is 1. The Hall–Kier alpha value is -2.73. The van der Waals surface area contributed by atoms with E-state index < -0.39 is 0 Å². The standard InChI is InChI=1S/C22H29N3O3/c1-6-15(2)23-13-16-8-10-20(21(12-16)27-5)28-14-17-7-9-18-19(11-17)25(4)22(26)24(18)3/h7-12,15,23H,6,13-14H2,1-5H3/t15-/m0/s1. The average molecular weight is 383 g/mol. The number of benzene rings is 2. The van der Waals surface area contributed by atoms with Gasteiger partial charge in [-0.1, -0.05) is 19.1 Å². The Morgan fingerprint density at radius 3 is 2.43 bits per heavy atom. The second-order valence-corrected chi connectivity index (χ2v) is 7.19. The zero-order valence-corrected chi connectivity index (χ0v) is 17.3. The number of nitrogens with zero attached hydrogens (tertiary/aromatic N) is 2. The molecule has 0 aliphatic heterocycles. The van der Waals surface area contributed by atoms with Crippen molar-refractivity contribution in [2.24, 2.45) is 14.1 Å². The SMILES string of the molecule is CC[C@H](C)NCc1ccc(OCc2ccc3c(c2)n(C)c(=O)n3C)c(OC)c1. The van der Waals surface area contributed by atoms with Crippen LogP contribution in [0.25, 0.3) is 11.0 Å². The van der Waals surface area contributed by atoms with Crippen molar-refractivity contribution in [3.05, 3.63) is 58.0 Å². The van der Waals surface area contributed by atoms with Crippen LogP contribution in [0.2, 0.25) is 0 Å². The zero-order chi connectivity index (χ0) is 20.3. The molecule has 3 aromatic rings. The van der Waals surface area contributed by atoms with Gasteiger partial charge in [-0.15, -0.1) is 0 Å². The van der Waals surface area contributed by atoms with Gasteiger partial charge in [-0.05, 0) is 48.7 Å². The maximum absolute atomic E-state index is 12.1. The molecule has 0 aliphatic rings. The smallest absolute Gasteiger partial charge is 0.328 e. The summed E-state index contributed by atoms with van der Waals surface area (Å²) in [6.07, 6.45) is 1.09. The normalized spacial score (nSPS) is 12.3. The van der Waals surface area contributed by atoms with Crippen LogP contribution >= 0.6 is 0 Å². The highest BCUT2D eigenvalue weighted by Gasteiger charge is 2.10. The van der Waals surface area contributed by atoms with Gasteiger partial charge < -0.3 is 14.8 Å². The van der Waals surface area contributed by atoms with Gasteiger partial charge >= 0.3 is 5.69 Å². The van der Waals surface area contributed by atoms with E-state index in [1.54, 1.807) is 30.3 Å². The summed E-state index contributed by atoms with van der Waals surface area (Å²) >= 11 is 0. The number of rotatable bonds is 8. The van der Waals surface area contributed by atoms with Crippen molar-refractivity contribution in [1.29, 1.82) is 0 Å². The molecule has 0 radical (unpaired) electrons. The van der Waals surface area contributed by atoms with Crippen LogP contribution in [0.4, 0.5) is 0 Å². The van der Waals surface area contributed by atoms with Gasteiger partial charge in [-0.2, -0.15) is 0 Å². The Kier molecular flexibility index (Phi) is 6.09. The van der Waals surface area contributed by atoms with Gasteiger partial charge in [0.05, 0.1) is 18.1 Å². The van der Waals surface area contributed by atoms with E-state index in [4.69, 9.17) is 9.47 Å². The number of ether oxygens (including phenoxy) is 2. The summed E-state index contributed by atoms with van der Waals surface area (Å²) in [5, 5.41) is 3.48. The molecule has 6 nitrogen and oxygen atoms in total. The van der Waals surface area contributed by atoms with Crippen LogP contribution in [0, 0.1) is 0 Å². The predicted molar refractivity (Wildman–Crippen MR) is 112 cm³/mol. The molecule has 1 N–H and O–H groups in total. The van der Waals surface area contributed by atoms with Crippen LogP contribution < -0.4 is 20.5 Å². The van der Waals surface area contributed by atoms with Crippen molar-refractivity contribution in [3.8, 4) is 11.5 Å². The average Bonchev–Trinajstić information content (AvgIpc) is 2.94. The summed E-state index contributed by atoms with van der Waals surface area (Å²) in [6.45, 7) is 5.54. The molecule has 0 saturated heterocycles. The topological polar surface area (TPSA) is 57.4 Å². The van der Waals surface area contributed by atoms with E-state index >= 15 is 0 Å². The Balaban J connectivity index is 1.74. The fourth-order valence-corrected chi connectivity index (χ4v) is 3.18. The Morgan fingerprint density at radius 2 is 1.71 bits per heavy atom. The molecule has 0 unspecified atom stereocenters. The second-order valence-electron chi connectivity index (χ2n) is 7.19. The van der Waals surface area contributed by atoms with Crippen LogP contribution in [0.15, 0.2) is 41.2 Å². The van der Waals surface area contributed by atoms with E-state index in [1.807, 2.05) is 30.3 Å². The molecule has 0 saturated carbocycles. The van der Waals surface area contributed by atoms with Crippen molar-refractivity contribution in [2.45, 2.75) is 39.5 Å². The van der Waals surface area contributed by atoms with E-state index in [9.17, 15) is 4.79 Å². The number of hydrogen-bond acceptors (Lipinski definition) is 4. The van der Waals surface area contributed by atoms with Crippen LogP contribution in [0.1, 0.15) is 31.4 Å². The first-order valence-electron chi connectivity index (χ1n) is 9.62. The monoisotopic (exact) mass is 383 g/mol. The van der Waals surface area contributed by atoms with Gasteiger partial charge in [0.15, 0.2) is 11.5 Å². The number of methoxy groups -OCH3 is 1. The second kappa shape index (κ2) is 8.52. The minimum atomic E-state index is -0.0312. The number of aromatic nitrogens is 2. The maximum atomic E-state index is 12.1. The molecule has 2 aromatic carbocycles. The molecule has 1 atom stereocenters. The number of fused-ring (bicyclic) bond motifs is 1. The van der Waals surface area contributed by atoms with E-state index in [0.29, 0.717) is 18.4 Å². The Labute approximate surface area is 165 Å². The predicted octanol–water partition coefficient (Wildman–Crippen LogP) is 3.35. The summed E-state index contributed by atoms with van der Waals surface area (Å²) in [4.78, 5) is 12.1. The lowest BCUT2D eigenvalue weighted by Crippen LogP contribution is -2.24. The van der Waals surface area contributed by atoms with Crippen molar-refractivity contribution in [3.63, 3.8) is 0 Å². The molecular weight excluding hydrogens is 354 g/mol. The minimum Gasteiger partial charge on any atom is -0.493 e. The van der Waals surface area contributed by atoms with Crippen molar-refractivity contribution >= 4 is 11.0 Å². The van der Waals surface area contributed by atoms with E-state index in [0.717, 1.165) is 40.9 Å². The molecule has 150 valence electrons. The van der Waals surface area contributed by atoms with Gasteiger partial charge in [0.1, 0.15) is 6.61 Å². The van der Waals surface area contributed by atoms with Crippen molar-refractivity contribution < 1.29 is 9.47 Å². The van der Waals surface area contributed by atoms with Crippen molar-refractivity contribution in [1.82, 2.24) is 14.5 Å². The summed E-state index contributed by atoms with van der Waals surface area (Å²) in [5.74, 6) is 1.42. The summed E-state index contributed by atoms with van der Waals surface area (Å²) < 4.78 is 14.8. The van der Waals surface area contributed by atoms with Crippen LogP contribution in [-0.4, -0.2) is 22.3 Å². The fourth-order valence-electron chi connectivity index (χ4n) is 3.18. The highest BCUT2D eigenvalue weighted by Crippen LogP contribution is 2.29. The first-order valence-corrected chi connectivity index (χ1v) is 9.62. The largest absolute Gasteiger partial charge is 0.493 e. The quantitative estimate of drug-likeness (QED) is 0.648. The summed E-state index contributed by atoms with van der Waals surface area (Å²) in [6, 6.07) is 12.4. The van der Waals surface area contributed by atoms with Gasteiger partial charge in [0.2, 0.25) is 0 Å². The molecule has 1 aromatic heterocycles. The van der Waals surface area contributed by atoms with Crippen LogP contribution in [0.3, 0.4) is 0 Å². The Morgan fingerprint density at radius 1 is 1.00 bits per heavy atom. The first-order chi connectivity index (χ1) is 13.4. The molecule has 1 heterocycles. The highest BCUT2D eigenvalue weighted by molar-refractivity contribution is 5.76. The molecule has 0 bridgehead atoms. The lowest BCUT2D eigenvalue weighted by atomic mass is 10.1. The summed E-state index contributed by atoms with van der Waals surface area (Å²) in [7, 11) is 5.22. The zero-order valence-electron chi connectivity index (χ0n) is 17.3.